The summed E-state index contributed by atoms with van der Waals surface area (Å²) in [6, 6.07) is 74.6. The van der Waals surface area contributed by atoms with Crippen LogP contribution in [-0.2, 0) is 0 Å². The Hall–Kier alpha value is -7.62. The van der Waals surface area contributed by atoms with Gasteiger partial charge in [-0.05, 0) is 118 Å². The van der Waals surface area contributed by atoms with Crippen molar-refractivity contribution in [2.45, 2.75) is 0 Å². The van der Waals surface area contributed by atoms with Gasteiger partial charge in [0.2, 0.25) is 0 Å². The first-order chi connectivity index (χ1) is 28.2. The van der Waals surface area contributed by atoms with Crippen molar-refractivity contribution >= 4 is 65.6 Å². The van der Waals surface area contributed by atoms with E-state index in [-0.39, 0.29) is 0 Å². The number of hydrogen-bond acceptors (Lipinski definition) is 1. The second-order valence-corrected chi connectivity index (χ2v) is 14.9. The largest absolute Gasteiger partial charge is 0.456 e. The number of rotatable bonds is 5. The molecule has 57 heavy (non-hydrogen) atoms. The van der Waals surface area contributed by atoms with Crippen LogP contribution in [0.1, 0.15) is 0 Å². The van der Waals surface area contributed by atoms with E-state index in [1.807, 2.05) is 12.1 Å². The number of benzene rings is 9. The van der Waals surface area contributed by atoms with Crippen LogP contribution in [0.5, 0.6) is 0 Å². The van der Waals surface area contributed by atoms with Gasteiger partial charge in [0.1, 0.15) is 11.2 Å². The zero-order valence-electron chi connectivity index (χ0n) is 30.9. The van der Waals surface area contributed by atoms with Crippen molar-refractivity contribution in [3.05, 3.63) is 206 Å². The summed E-state index contributed by atoms with van der Waals surface area (Å²) < 4.78 is 10.9. The van der Waals surface area contributed by atoms with Crippen molar-refractivity contribution < 1.29 is 4.42 Å². The topological polar surface area (TPSA) is 23.0 Å². The van der Waals surface area contributed by atoms with E-state index in [0.29, 0.717) is 0 Å². The highest BCUT2D eigenvalue weighted by Gasteiger charge is 2.16. The lowest BCUT2D eigenvalue weighted by Crippen LogP contribution is -1.94. The highest BCUT2D eigenvalue weighted by Crippen LogP contribution is 2.39. The number of furan rings is 1. The average Bonchev–Trinajstić information content (AvgIpc) is 3.94. The average molecular weight is 727 g/mol. The van der Waals surface area contributed by atoms with Crippen LogP contribution in [0.2, 0.25) is 0 Å². The van der Waals surface area contributed by atoms with E-state index in [2.05, 4.69) is 203 Å². The minimum atomic E-state index is 0.915. The lowest BCUT2D eigenvalue weighted by molar-refractivity contribution is 0.669. The van der Waals surface area contributed by atoms with Gasteiger partial charge >= 0.3 is 0 Å². The Bertz CT molecular complexity index is 3510. The molecule has 3 nitrogen and oxygen atoms in total. The Labute approximate surface area is 328 Å². The van der Waals surface area contributed by atoms with E-state index in [9.17, 15) is 0 Å². The highest BCUT2D eigenvalue weighted by molar-refractivity contribution is 6.13. The smallest absolute Gasteiger partial charge is 0.135 e. The zero-order valence-corrected chi connectivity index (χ0v) is 30.9. The standard InChI is InChI=1S/C54H34N2O/c1-2-13-41(14-3-1)55-49-18-7-4-15-43(49)46-32-38(23-28-51(46)55)39-24-29-52-47(33-39)44-16-5-8-19-50(44)56(52)42-26-21-35(22-27-42)36-11-10-12-37(31-36)40-25-30-54-48(34-40)45-17-6-9-20-53(45)57-54/h1-34H. The van der Waals surface area contributed by atoms with E-state index in [1.54, 1.807) is 0 Å². The molecule has 9 aromatic carbocycles. The van der Waals surface area contributed by atoms with Gasteiger partial charge in [-0.25, -0.2) is 0 Å². The maximum Gasteiger partial charge on any atom is 0.135 e. The fourth-order valence-corrected chi connectivity index (χ4v) is 9.03. The van der Waals surface area contributed by atoms with Crippen molar-refractivity contribution in [3.63, 3.8) is 0 Å². The molecule has 0 spiro atoms. The molecule has 0 atom stereocenters. The summed E-state index contributed by atoms with van der Waals surface area (Å²) in [5.41, 5.74) is 16.1. The summed E-state index contributed by atoms with van der Waals surface area (Å²) in [6.07, 6.45) is 0. The van der Waals surface area contributed by atoms with E-state index in [1.165, 1.54) is 82.7 Å². The quantitative estimate of drug-likeness (QED) is 0.173. The van der Waals surface area contributed by atoms with Gasteiger partial charge in [-0.3, -0.25) is 0 Å². The SMILES string of the molecule is c1ccc(-n2c3ccccc3c3cc(-c4ccc5c(c4)c4ccccc4n5-c4ccc(-c5cccc(-c6ccc7oc8ccccc8c7c6)c5)cc4)ccc32)cc1. The Kier molecular flexibility index (Phi) is 6.93. The van der Waals surface area contributed by atoms with Gasteiger partial charge in [-0.1, -0.05) is 121 Å². The third-order valence-electron chi connectivity index (χ3n) is 11.7. The zero-order chi connectivity index (χ0) is 37.5. The second kappa shape index (κ2) is 12.5. The van der Waals surface area contributed by atoms with Crippen LogP contribution in [0.15, 0.2) is 211 Å². The Morgan fingerprint density at radius 1 is 0.246 bits per heavy atom. The summed E-state index contributed by atoms with van der Waals surface area (Å²) >= 11 is 0. The summed E-state index contributed by atoms with van der Waals surface area (Å²) in [7, 11) is 0. The first-order valence-electron chi connectivity index (χ1n) is 19.5. The Morgan fingerprint density at radius 2 is 0.684 bits per heavy atom. The maximum atomic E-state index is 6.10. The molecule has 0 N–H and O–H groups in total. The highest BCUT2D eigenvalue weighted by atomic mass is 16.3. The third kappa shape index (κ3) is 4.99. The molecular formula is C54H34N2O. The van der Waals surface area contributed by atoms with Crippen molar-refractivity contribution in [1.29, 1.82) is 0 Å². The second-order valence-electron chi connectivity index (χ2n) is 14.9. The molecule has 0 saturated heterocycles. The maximum absolute atomic E-state index is 6.10. The molecule has 266 valence electrons. The molecule has 0 aliphatic carbocycles. The lowest BCUT2D eigenvalue weighted by atomic mass is 9.98. The molecule has 0 amide bonds. The fourth-order valence-electron chi connectivity index (χ4n) is 9.03. The van der Waals surface area contributed by atoms with Crippen LogP contribution in [0.3, 0.4) is 0 Å². The molecule has 0 saturated carbocycles. The van der Waals surface area contributed by atoms with Crippen molar-refractivity contribution in [1.82, 2.24) is 9.13 Å². The molecule has 3 aromatic heterocycles. The minimum absolute atomic E-state index is 0.915. The van der Waals surface area contributed by atoms with Gasteiger partial charge in [0.25, 0.3) is 0 Å². The summed E-state index contributed by atoms with van der Waals surface area (Å²) in [6.45, 7) is 0. The van der Waals surface area contributed by atoms with Crippen LogP contribution in [-0.4, -0.2) is 9.13 Å². The van der Waals surface area contributed by atoms with E-state index in [0.717, 1.165) is 27.6 Å². The van der Waals surface area contributed by atoms with Crippen LogP contribution in [0, 0.1) is 0 Å². The fraction of sp³-hybridized carbons (Fsp3) is 0. The number of hydrogen-bond donors (Lipinski definition) is 0. The van der Waals surface area contributed by atoms with E-state index < -0.39 is 0 Å². The van der Waals surface area contributed by atoms with Crippen LogP contribution >= 0.6 is 0 Å². The molecule has 12 aromatic rings. The Morgan fingerprint density at radius 3 is 1.33 bits per heavy atom. The van der Waals surface area contributed by atoms with Crippen LogP contribution in [0.4, 0.5) is 0 Å². The first kappa shape index (κ1) is 31.7. The number of nitrogens with zero attached hydrogens (tertiary/aromatic N) is 2. The molecule has 12 rings (SSSR count). The third-order valence-corrected chi connectivity index (χ3v) is 11.7. The lowest BCUT2D eigenvalue weighted by Gasteiger charge is -2.11. The number of aromatic nitrogens is 2. The van der Waals surface area contributed by atoms with E-state index >= 15 is 0 Å². The van der Waals surface area contributed by atoms with Crippen molar-refractivity contribution in [2.75, 3.05) is 0 Å². The summed E-state index contributed by atoms with van der Waals surface area (Å²) in [4.78, 5) is 0. The van der Waals surface area contributed by atoms with Crippen LogP contribution < -0.4 is 0 Å². The summed E-state index contributed by atoms with van der Waals surface area (Å²) in [5, 5.41) is 7.30. The molecule has 0 aliphatic heterocycles. The minimum Gasteiger partial charge on any atom is -0.456 e. The normalized spacial score (nSPS) is 11.9. The summed E-state index contributed by atoms with van der Waals surface area (Å²) in [5.74, 6) is 0. The molecule has 0 radical (unpaired) electrons. The number of para-hydroxylation sites is 4. The van der Waals surface area contributed by atoms with Gasteiger partial charge in [0, 0.05) is 43.7 Å². The van der Waals surface area contributed by atoms with Gasteiger partial charge < -0.3 is 13.6 Å². The molecule has 3 heteroatoms. The molecule has 3 heterocycles. The van der Waals surface area contributed by atoms with Crippen molar-refractivity contribution in [2.24, 2.45) is 0 Å². The monoisotopic (exact) mass is 726 g/mol. The van der Waals surface area contributed by atoms with E-state index in [4.69, 9.17) is 4.42 Å². The first-order valence-corrected chi connectivity index (χ1v) is 19.5. The predicted molar refractivity (Wildman–Crippen MR) is 239 cm³/mol. The Balaban J connectivity index is 0.919. The molecule has 0 fully saturated rings. The molecule has 0 bridgehead atoms. The van der Waals surface area contributed by atoms with Crippen molar-refractivity contribution in [3.8, 4) is 44.8 Å². The molecule has 0 unspecified atom stereocenters. The molecular weight excluding hydrogens is 693 g/mol. The predicted octanol–water partition coefficient (Wildman–Crippen LogP) is 14.8. The van der Waals surface area contributed by atoms with Gasteiger partial charge in [0.15, 0.2) is 0 Å². The van der Waals surface area contributed by atoms with Gasteiger partial charge in [-0.15, -0.1) is 0 Å². The van der Waals surface area contributed by atoms with Gasteiger partial charge in [0.05, 0.1) is 22.1 Å². The molecule has 0 aliphatic rings. The van der Waals surface area contributed by atoms with Gasteiger partial charge in [-0.2, -0.15) is 0 Å². The number of fused-ring (bicyclic) bond motifs is 9. The van der Waals surface area contributed by atoms with Crippen LogP contribution in [0.25, 0.3) is 110 Å².